The summed E-state index contributed by atoms with van der Waals surface area (Å²) in [6, 6.07) is 0. The summed E-state index contributed by atoms with van der Waals surface area (Å²) < 4.78 is 0. The first-order valence-electron chi connectivity index (χ1n) is 3.43. The Labute approximate surface area is 62.0 Å². The number of hydrogen-bond acceptors (Lipinski definition) is 3. The molecule has 0 aromatic heterocycles. The molecule has 0 aliphatic carbocycles. The molecule has 1 unspecified atom stereocenters. The molecule has 0 spiro atoms. The SMILES string of the molecule is CC(S)N1CCNCC1. The van der Waals surface area contributed by atoms with Crippen molar-refractivity contribution >= 4 is 12.6 Å². The normalized spacial score (nSPS) is 26.0. The van der Waals surface area contributed by atoms with Crippen LogP contribution in [0.5, 0.6) is 0 Å². The second-order valence-electron chi connectivity index (χ2n) is 2.42. The van der Waals surface area contributed by atoms with Crippen molar-refractivity contribution in [3.05, 3.63) is 0 Å². The average molecular weight is 146 g/mol. The summed E-state index contributed by atoms with van der Waals surface area (Å²) in [6.07, 6.45) is 0. The minimum Gasteiger partial charge on any atom is -0.314 e. The van der Waals surface area contributed by atoms with Gasteiger partial charge in [0, 0.05) is 31.6 Å². The molecule has 54 valence electrons. The molecular weight excluding hydrogens is 132 g/mol. The van der Waals surface area contributed by atoms with Gasteiger partial charge in [0.25, 0.3) is 0 Å². The molecule has 0 amide bonds. The highest BCUT2D eigenvalue weighted by molar-refractivity contribution is 7.80. The van der Waals surface area contributed by atoms with E-state index in [0.29, 0.717) is 5.37 Å². The quantitative estimate of drug-likeness (QED) is 0.513. The topological polar surface area (TPSA) is 15.3 Å². The van der Waals surface area contributed by atoms with Crippen molar-refractivity contribution in [3.8, 4) is 0 Å². The van der Waals surface area contributed by atoms with E-state index in [1.165, 1.54) is 0 Å². The van der Waals surface area contributed by atoms with Gasteiger partial charge in [0.15, 0.2) is 0 Å². The lowest BCUT2D eigenvalue weighted by molar-refractivity contribution is 0.236. The van der Waals surface area contributed by atoms with E-state index < -0.39 is 0 Å². The molecule has 1 rings (SSSR count). The number of rotatable bonds is 1. The molecule has 1 saturated heterocycles. The summed E-state index contributed by atoms with van der Waals surface area (Å²) in [7, 11) is 0. The molecule has 0 aromatic rings. The van der Waals surface area contributed by atoms with E-state index in [-0.39, 0.29) is 0 Å². The average Bonchev–Trinajstić information content (AvgIpc) is 1.90. The van der Waals surface area contributed by atoms with Gasteiger partial charge >= 0.3 is 0 Å². The van der Waals surface area contributed by atoms with Crippen LogP contribution >= 0.6 is 12.6 Å². The van der Waals surface area contributed by atoms with Gasteiger partial charge in [0.2, 0.25) is 0 Å². The van der Waals surface area contributed by atoms with Crippen LogP contribution < -0.4 is 5.32 Å². The lowest BCUT2D eigenvalue weighted by Gasteiger charge is -2.29. The molecular formula is C6H14N2S. The van der Waals surface area contributed by atoms with Crippen LogP contribution in [-0.4, -0.2) is 36.5 Å². The molecule has 1 aliphatic rings. The van der Waals surface area contributed by atoms with Crippen LogP contribution in [0.25, 0.3) is 0 Å². The lowest BCUT2D eigenvalue weighted by atomic mass is 10.4. The highest BCUT2D eigenvalue weighted by atomic mass is 32.1. The third-order valence-electron chi connectivity index (χ3n) is 1.68. The van der Waals surface area contributed by atoms with E-state index in [4.69, 9.17) is 0 Å². The van der Waals surface area contributed by atoms with Gasteiger partial charge in [-0.25, -0.2) is 0 Å². The monoisotopic (exact) mass is 146 g/mol. The van der Waals surface area contributed by atoms with Gasteiger partial charge in [0.05, 0.1) is 0 Å². The summed E-state index contributed by atoms with van der Waals surface area (Å²) >= 11 is 4.34. The maximum absolute atomic E-state index is 4.34. The molecule has 2 nitrogen and oxygen atoms in total. The van der Waals surface area contributed by atoms with Gasteiger partial charge in [-0.05, 0) is 6.92 Å². The summed E-state index contributed by atoms with van der Waals surface area (Å²) in [5, 5.41) is 3.72. The van der Waals surface area contributed by atoms with E-state index in [0.717, 1.165) is 26.2 Å². The summed E-state index contributed by atoms with van der Waals surface area (Å²) in [5.41, 5.74) is 0. The van der Waals surface area contributed by atoms with E-state index in [9.17, 15) is 0 Å². The zero-order valence-corrected chi connectivity index (χ0v) is 6.69. The first-order valence-corrected chi connectivity index (χ1v) is 3.95. The highest BCUT2D eigenvalue weighted by Crippen LogP contribution is 2.02. The predicted molar refractivity (Wildman–Crippen MR) is 42.9 cm³/mol. The van der Waals surface area contributed by atoms with Crippen molar-refractivity contribution in [2.45, 2.75) is 12.3 Å². The summed E-state index contributed by atoms with van der Waals surface area (Å²) in [4.78, 5) is 2.36. The van der Waals surface area contributed by atoms with Crippen LogP contribution in [0.3, 0.4) is 0 Å². The minimum atomic E-state index is 0.423. The molecule has 1 aliphatic heterocycles. The van der Waals surface area contributed by atoms with Gasteiger partial charge in [-0.15, -0.1) is 0 Å². The van der Waals surface area contributed by atoms with Crippen LogP contribution in [-0.2, 0) is 0 Å². The largest absolute Gasteiger partial charge is 0.314 e. The molecule has 1 N–H and O–H groups in total. The van der Waals surface area contributed by atoms with Crippen molar-refractivity contribution in [1.29, 1.82) is 0 Å². The Balaban J connectivity index is 2.23. The molecule has 1 heterocycles. The number of piperazine rings is 1. The lowest BCUT2D eigenvalue weighted by Crippen LogP contribution is -2.45. The zero-order chi connectivity index (χ0) is 6.69. The second-order valence-corrected chi connectivity index (χ2v) is 3.17. The number of thiol groups is 1. The molecule has 0 radical (unpaired) electrons. The van der Waals surface area contributed by atoms with Crippen molar-refractivity contribution in [2.24, 2.45) is 0 Å². The fraction of sp³-hybridized carbons (Fsp3) is 1.00. The van der Waals surface area contributed by atoms with Crippen molar-refractivity contribution in [1.82, 2.24) is 10.2 Å². The molecule has 9 heavy (non-hydrogen) atoms. The predicted octanol–water partition coefficient (Wildman–Crippen LogP) is 0.167. The second kappa shape index (κ2) is 3.44. The fourth-order valence-electron chi connectivity index (χ4n) is 1.06. The van der Waals surface area contributed by atoms with Crippen LogP contribution in [0.1, 0.15) is 6.92 Å². The Morgan fingerprint density at radius 2 is 2.00 bits per heavy atom. The van der Waals surface area contributed by atoms with Crippen LogP contribution in [0.4, 0.5) is 0 Å². The van der Waals surface area contributed by atoms with E-state index >= 15 is 0 Å². The van der Waals surface area contributed by atoms with Gasteiger partial charge < -0.3 is 5.32 Å². The Kier molecular flexibility index (Phi) is 2.82. The standard InChI is InChI=1S/C6H14N2S/c1-6(9)8-4-2-7-3-5-8/h6-7,9H,2-5H2,1H3. The van der Waals surface area contributed by atoms with Crippen LogP contribution in [0, 0.1) is 0 Å². The third-order valence-corrected chi connectivity index (χ3v) is 2.01. The first-order chi connectivity index (χ1) is 4.30. The Hall–Kier alpha value is 0.270. The first kappa shape index (κ1) is 7.38. The fourth-order valence-corrected chi connectivity index (χ4v) is 1.29. The number of hydrogen-bond donors (Lipinski definition) is 2. The smallest absolute Gasteiger partial charge is 0.0500 e. The van der Waals surface area contributed by atoms with Gasteiger partial charge in [-0.2, -0.15) is 12.6 Å². The zero-order valence-electron chi connectivity index (χ0n) is 5.80. The molecule has 1 atom stereocenters. The Bertz CT molecular complexity index is 79.1. The molecule has 0 aromatic carbocycles. The van der Waals surface area contributed by atoms with Crippen LogP contribution in [0.2, 0.25) is 0 Å². The maximum atomic E-state index is 4.34. The Morgan fingerprint density at radius 3 is 2.33 bits per heavy atom. The minimum absolute atomic E-state index is 0.423. The van der Waals surface area contributed by atoms with Crippen molar-refractivity contribution in [2.75, 3.05) is 26.2 Å². The summed E-state index contributed by atoms with van der Waals surface area (Å²) in [6.45, 7) is 6.64. The van der Waals surface area contributed by atoms with E-state index in [2.05, 4.69) is 29.8 Å². The molecule has 0 bridgehead atoms. The highest BCUT2D eigenvalue weighted by Gasteiger charge is 2.11. The molecule has 1 fully saturated rings. The van der Waals surface area contributed by atoms with Crippen molar-refractivity contribution in [3.63, 3.8) is 0 Å². The van der Waals surface area contributed by atoms with Crippen molar-refractivity contribution < 1.29 is 0 Å². The third kappa shape index (κ3) is 2.16. The Morgan fingerprint density at radius 1 is 1.44 bits per heavy atom. The summed E-state index contributed by atoms with van der Waals surface area (Å²) in [5.74, 6) is 0. The number of nitrogens with one attached hydrogen (secondary N) is 1. The van der Waals surface area contributed by atoms with Crippen LogP contribution in [0.15, 0.2) is 0 Å². The van der Waals surface area contributed by atoms with Gasteiger partial charge in [0.1, 0.15) is 0 Å². The molecule has 0 saturated carbocycles. The van der Waals surface area contributed by atoms with E-state index in [1.807, 2.05) is 0 Å². The number of nitrogens with zero attached hydrogens (tertiary/aromatic N) is 1. The maximum Gasteiger partial charge on any atom is 0.0500 e. The van der Waals surface area contributed by atoms with E-state index in [1.54, 1.807) is 0 Å². The molecule has 3 heteroatoms. The van der Waals surface area contributed by atoms with Gasteiger partial charge in [-0.3, -0.25) is 4.90 Å². The van der Waals surface area contributed by atoms with Gasteiger partial charge in [-0.1, -0.05) is 0 Å².